The first-order valence-electron chi connectivity index (χ1n) is 13.1. The third-order valence-electron chi connectivity index (χ3n) is 7.72. The summed E-state index contributed by atoms with van der Waals surface area (Å²) in [5.74, 6) is 0.0812. The molecule has 1 saturated heterocycles. The van der Waals surface area contributed by atoms with E-state index in [2.05, 4.69) is 32.1 Å². The van der Waals surface area contributed by atoms with Gasteiger partial charge in [-0.3, -0.25) is 14.4 Å². The van der Waals surface area contributed by atoms with Crippen molar-refractivity contribution in [2.24, 2.45) is 29.1 Å². The van der Waals surface area contributed by atoms with Crippen LogP contribution < -0.4 is 0 Å². The Morgan fingerprint density at radius 3 is 2.63 bits per heavy atom. The SMILES string of the molecule is CC(=O)OCCCC(C)(C)C(=O)O[C@H]1C[C@@H](C)C=C2C=C[C@H](C)[C@H](CC[C@@H]3C[C@@H](O)CC(=O)O3)[C@H]21. The third-order valence-corrected chi connectivity index (χ3v) is 7.72. The predicted octanol–water partition coefficient (Wildman–Crippen LogP) is 4.52. The van der Waals surface area contributed by atoms with Crippen molar-refractivity contribution in [3.63, 3.8) is 0 Å². The standard InChI is InChI=1S/C28H42O7/c1-17-13-20-8-7-18(2)23(10-9-22-15-21(30)16-25(31)34-22)26(20)24(14-17)35-27(32)28(4,5)11-6-12-33-19(3)29/h7-8,13,17-18,21-24,26,30H,6,9-12,14-16H2,1-5H3/t17-,18-,21+,22+,23-,24-,26-/m0/s1. The molecule has 196 valence electrons. The third kappa shape index (κ3) is 7.42. The van der Waals surface area contributed by atoms with Crippen molar-refractivity contribution in [2.75, 3.05) is 6.61 Å². The zero-order valence-electron chi connectivity index (χ0n) is 21.8. The van der Waals surface area contributed by atoms with E-state index in [-0.39, 0.29) is 48.4 Å². The van der Waals surface area contributed by atoms with E-state index in [1.807, 2.05) is 13.8 Å². The van der Waals surface area contributed by atoms with E-state index in [9.17, 15) is 19.5 Å². The maximum atomic E-state index is 13.3. The van der Waals surface area contributed by atoms with E-state index in [1.165, 1.54) is 12.5 Å². The van der Waals surface area contributed by atoms with Crippen LogP contribution in [0.4, 0.5) is 0 Å². The molecule has 0 aromatic rings. The van der Waals surface area contributed by atoms with E-state index in [0.29, 0.717) is 44.1 Å². The molecule has 7 heteroatoms. The minimum absolute atomic E-state index is 0.0706. The summed E-state index contributed by atoms with van der Waals surface area (Å²) in [6.45, 7) is 9.79. The van der Waals surface area contributed by atoms with E-state index in [4.69, 9.17) is 14.2 Å². The molecule has 1 fully saturated rings. The molecular formula is C28H42O7. The molecule has 0 bridgehead atoms. The number of carbonyl (C=O) groups excluding carboxylic acids is 3. The minimum atomic E-state index is -0.678. The molecule has 35 heavy (non-hydrogen) atoms. The van der Waals surface area contributed by atoms with Crippen molar-refractivity contribution in [1.82, 2.24) is 0 Å². The van der Waals surface area contributed by atoms with Crippen molar-refractivity contribution in [3.05, 3.63) is 23.8 Å². The molecule has 0 amide bonds. The van der Waals surface area contributed by atoms with Crippen molar-refractivity contribution < 1.29 is 33.7 Å². The molecule has 3 rings (SSSR count). The Bertz CT molecular complexity index is 842. The molecule has 2 aliphatic carbocycles. The normalized spacial score (nSPS) is 32.8. The molecule has 0 unspecified atom stereocenters. The molecule has 3 aliphatic rings. The lowest BCUT2D eigenvalue weighted by Gasteiger charge is -2.44. The zero-order valence-corrected chi connectivity index (χ0v) is 21.8. The molecule has 0 saturated carbocycles. The molecule has 0 spiro atoms. The summed E-state index contributed by atoms with van der Waals surface area (Å²) in [7, 11) is 0. The molecule has 0 radical (unpaired) electrons. The van der Waals surface area contributed by atoms with Gasteiger partial charge in [-0.2, -0.15) is 0 Å². The van der Waals surface area contributed by atoms with Gasteiger partial charge in [-0.15, -0.1) is 0 Å². The van der Waals surface area contributed by atoms with Gasteiger partial charge < -0.3 is 19.3 Å². The maximum Gasteiger partial charge on any atom is 0.311 e. The van der Waals surface area contributed by atoms with Crippen molar-refractivity contribution in [2.45, 2.75) is 97.9 Å². The van der Waals surface area contributed by atoms with Gasteiger partial charge in [-0.25, -0.2) is 0 Å². The van der Waals surface area contributed by atoms with Crippen LogP contribution in [0.5, 0.6) is 0 Å². The van der Waals surface area contributed by atoms with Crippen LogP contribution >= 0.6 is 0 Å². The summed E-state index contributed by atoms with van der Waals surface area (Å²) < 4.78 is 16.7. The largest absolute Gasteiger partial charge is 0.466 e. The fraction of sp³-hybridized carbons (Fsp3) is 0.750. The van der Waals surface area contributed by atoms with Gasteiger partial charge in [-0.1, -0.05) is 32.1 Å². The van der Waals surface area contributed by atoms with Crippen LogP contribution in [-0.4, -0.2) is 47.9 Å². The smallest absolute Gasteiger partial charge is 0.311 e. The topological polar surface area (TPSA) is 99.1 Å². The molecule has 0 aromatic heterocycles. The molecule has 0 aromatic carbocycles. The number of hydrogen-bond donors (Lipinski definition) is 1. The number of esters is 3. The molecule has 7 atom stereocenters. The van der Waals surface area contributed by atoms with Gasteiger partial charge in [0.2, 0.25) is 0 Å². The van der Waals surface area contributed by atoms with Gasteiger partial charge in [0.25, 0.3) is 0 Å². The number of rotatable bonds is 9. The summed E-state index contributed by atoms with van der Waals surface area (Å²) in [6, 6.07) is 0. The van der Waals surface area contributed by atoms with Crippen molar-refractivity contribution in [3.8, 4) is 0 Å². The highest BCUT2D eigenvalue weighted by Gasteiger charge is 2.43. The Hall–Kier alpha value is -2.15. The van der Waals surface area contributed by atoms with Crippen LogP contribution in [0.3, 0.4) is 0 Å². The number of allylic oxidation sites excluding steroid dienone is 3. The lowest BCUT2D eigenvalue weighted by atomic mass is 9.65. The van der Waals surface area contributed by atoms with E-state index in [0.717, 1.165) is 12.8 Å². The van der Waals surface area contributed by atoms with Crippen LogP contribution in [0, 0.1) is 29.1 Å². The van der Waals surface area contributed by atoms with Crippen molar-refractivity contribution in [1.29, 1.82) is 0 Å². The minimum Gasteiger partial charge on any atom is -0.466 e. The molecular weight excluding hydrogens is 448 g/mol. The fourth-order valence-corrected chi connectivity index (χ4v) is 5.77. The Morgan fingerprint density at radius 2 is 1.94 bits per heavy atom. The Balaban J connectivity index is 1.68. The molecule has 7 nitrogen and oxygen atoms in total. The number of cyclic esters (lactones) is 1. The number of aliphatic hydroxyl groups is 1. The second kappa shape index (κ2) is 11.7. The number of fused-ring (bicyclic) bond motifs is 1. The van der Waals surface area contributed by atoms with Crippen LogP contribution in [0.2, 0.25) is 0 Å². The monoisotopic (exact) mass is 490 g/mol. The summed E-state index contributed by atoms with van der Waals surface area (Å²) in [5, 5.41) is 9.97. The highest BCUT2D eigenvalue weighted by Crippen LogP contribution is 2.45. The average Bonchev–Trinajstić information content (AvgIpc) is 2.75. The van der Waals surface area contributed by atoms with Gasteiger partial charge in [-0.05, 0) is 69.3 Å². The second-order valence-electron chi connectivity index (χ2n) is 11.3. The first-order chi connectivity index (χ1) is 16.5. The Labute approximate surface area is 209 Å². The predicted molar refractivity (Wildman–Crippen MR) is 131 cm³/mol. The van der Waals surface area contributed by atoms with Gasteiger partial charge >= 0.3 is 17.9 Å². The zero-order chi connectivity index (χ0) is 25.8. The van der Waals surface area contributed by atoms with E-state index < -0.39 is 11.5 Å². The highest BCUT2D eigenvalue weighted by molar-refractivity contribution is 5.76. The van der Waals surface area contributed by atoms with Crippen LogP contribution in [0.1, 0.15) is 79.6 Å². The van der Waals surface area contributed by atoms with Crippen LogP contribution in [0.15, 0.2) is 23.8 Å². The Morgan fingerprint density at radius 1 is 1.20 bits per heavy atom. The van der Waals surface area contributed by atoms with Gasteiger partial charge in [0.1, 0.15) is 12.2 Å². The van der Waals surface area contributed by atoms with E-state index in [1.54, 1.807) is 0 Å². The first-order valence-corrected chi connectivity index (χ1v) is 13.1. The highest BCUT2D eigenvalue weighted by atomic mass is 16.6. The lowest BCUT2D eigenvalue weighted by Crippen LogP contribution is -2.43. The Kier molecular flexibility index (Phi) is 9.19. The van der Waals surface area contributed by atoms with Gasteiger partial charge in [0.05, 0.1) is 24.5 Å². The van der Waals surface area contributed by atoms with E-state index >= 15 is 0 Å². The summed E-state index contributed by atoms with van der Waals surface area (Å²) in [5.41, 5.74) is 0.543. The van der Waals surface area contributed by atoms with Crippen molar-refractivity contribution >= 4 is 17.9 Å². The molecule has 1 aliphatic heterocycles. The maximum absolute atomic E-state index is 13.3. The molecule has 1 N–H and O–H groups in total. The quantitative estimate of drug-likeness (QED) is 0.288. The fourth-order valence-electron chi connectivity index (χ4n) is 5.77. The number of aliphatic hydroxyl groups excluding tert-OH is 1. The number of hydrogen-bond acceptors (Lipinski definition) is 7. The average molecular weight is 491 g/mol. The van der Waals surface area contributed by atoms with Crippen LogP contribution in [0.25, 0.3) is 0 Å². The molecule has 1 heterocycles. The van der Waals surface area contributed by atoms with Crippen LogP contribution in [-0.2, 0) is 28.6 Å². The summed E-state index contributed by atoms with van der Waals surface area (Å²) in [6.07, 6.45) is 9.59. The second-order valence-corrected chi connectivity index (χ2v) is 11.3. The van der Waals surface area contributed by atoms with Gasteiger partial charge in [0, 0.05) is 19.3 Å². The van der Waals surface area contributed by atoms with Gasteiger partial charge in [0.15, 0.2) is 0 Å². The lowest BCUT2D eigenvalue weighted by molar-refractivity contribution is -0.166. The number of ether oxygens (including phenoxy) is 3. The number of carbonyl (C=O) groups is 3. The first kappa shape index (κ1) is 27.4. The summed E-state index contributed by atoms with van der Waals surface area (Å²) >= 11 is 0. The summed E-state index contributed by atoms with van der Waals surface area (Å²) in [4.78, 5) is 36.0.